The maximum atomic E-state index is 14.3. The van der Waals surface area contributed by atoms with Crippen LogP contribution in [0.3, 0.4) is 0 Å². The van der Waals surface area contributed by atoms with E-state index in [9.17, 15) is 13.6 Å². The Kier molecular flexibility index (Phi) is 6.28. The first-order chi connectivity index (χ1) is 18.3. The lowest BCUT2D eigenvalue weighted by Crippen LogP contribution is -2.40. The van der Waals surface area contributed by atoms with Crippen molar-refractivity contribution in [2.75, 3.05) is 4.90 Å². The van der Waals surface area contributed by atoms with Gasteiger partial charge < -0.3 is 14.0 Å². The highest BCUT2D eigenvalue weighted by molar-refractivity contribution is 5.95. The number of hydrogen-bond donors (Lipinski definition) is 0. The summed E-state index contributed by atoms with van der Waals surface area (Å²) in [6, 6.07) is 9.86. The predicted octanol–water partition coefficient (Wildman–Crippen LogP) is 7.60. The zero-order valence-corrected chi connectivity index (χ0v) is 22.0. The normalized spacial score (nSPS) is 22.4. The van der Waals surface area contributed by atoms with E-state index in [4.69, 9.17) is 9.51 Å². The maximum Gasteiger partial charge on any atom is 0.227 e. The van der Waals surface area contributed by atoms with Crippen LogP contribution in [-0.4, -0.2) is 20.6 Å². The largest absolute Gasteiger partial charge is 0.361 e. The molecule has 1 aliphatic carbocycles. The number of hydrogen-bond acceptors (Lipinski definition) is 4. The molecule has 1 saturated heterocycles. The summed E-state index contributed by atoms with van der Waals surface area (Å²) in [5.74, 6) is 0.271. The zero-order valence-electron chi connectivity index (χ0n) is 22.0. The van der Waals surface area contributed by atoms with E-state index in [0.717, 1.165) is 83.7 Å². The van der Waals surface area contributed by atoms with Gasteiger partial charge in [-0.25, -0.2) is 13.8 Å². The van der Waals surface area contributed by atoms with Gasteiger partial charge in [-0.15, -0.1) is 0 Å². The fraction of sp³-hybridized carbons (Fsp3) is 0.433. The Balaban J connectivity index is 1.51. The van der Waals surface area contributed by atoms with E-state index in [2.05, 4.69) is 34.8 Å². The Bertz CT molecular complexity index is 1500. The second-order valence-corrected chi connectivity index (χ2v) is 10.9. The molecule has 1 atom stereocenters. The lowest BCUT2D eigenvalue weighted by atomic mass is 9.87. The standard InChI is InChI=1S/C30H32F2N4O2/c1-17-7-10-21(11-8-17)36-26-14-9-20(29-18(2)34-38-19(29)3)15-25(26)33-30(36)27-5-4-6-28(37)35(27)22-12-13-23(31)24(32)16-22/h9,12-17,21,27H,4-8,10-11H2,1-3H3/t17?,21?,27-/m0/s1. The number of nitrogens with zero attached hydrogens (tertiary/aromatic N) is 4. The highest BCUT2D eigenvalue weighted by atomic mass is 19.2. The number of amides is 1. The van der Waals surface area contributed by atoms with Gasteiger partial charge in [-0.3, -0.25) is 4.79 Å². The van der Waals surface area contributed by atoms with E-state index in [0.29, 0.717) is 24.4 Å². The molecule has 0 N–H and O–H groups in total. The monoisotopic (exact) mass is 518 g/mol. The number of imidazole rings is 1. The number of aromatic nitrogens is 3. The lowest BCUT2D eigenvalue weighted by Gasteiger charge is -2.37. The van der Waals surface area contributed by atoms with E-state index < -0.39 is 11.6 Å². The molecule has 1 aliphatic heterocycles. The molecule has 198 valence electrons. The number of benzene rings is 2. The molecule has 6 rings (SSSR count). The maximum absolute atomic E-state index is 14.3. The summed E-state index contributed by atoms with van der Waals surface area (Å²) in [5, 5.41) is 4.11. The summed E-state index contributed by atoms with van der Waals surface area (Å²) < 4.78 is 35.8. The first-order valence-electron chi connectivity index (χ1n) is 13.5. The lowest BCUT2D eigenvalue weighted by molar-refractivity contribution is -0.120. The Morgan fingerprint density at radius 3 is 2.47 bits per heavy atom. The summed E-state index contributed by atoms with van der Waals surface area (Å²) in [7, 11) is 0. The van der Waals surface area contributed by atoms with Crippen molar-refractivity contribution in [3.63, 3.8) is 0 Å². The summed E-state index contributed by atoms with van der Waals surface area (Å²) in [5.41, 5.74) is 5.01. The number of aryl methyl sites for hydroxylation is 2. The summed E-state index contributed by atoms with van der Waals surface area (Å²) in [6.45, 7) is 6.13. The predicted molar refractivity (Wildman–Crippen MR) is 142 cm³/mol. The van der Waals surface area contributed by atoms with Crippen molar-refractivity contribution >= 4 is 22.6 Å². The van der Waals surface area contributed by atoms with Crippen LogP contribution in [0.25, 0.3) is 22.2 Å². The molecule has 2 fully saturated rings. The van der Waals surface area contributed by atoms with Crippen LogP contribution in [0.4, 0.5) is 14.5 Å². The van der Waals surface area contributed by atoms with E-state index in [1.165, 1.54) is 6.07 Å². The van der Waals surface area contributed by atoms with Crippen LogP contribution in [-0.2, 0) is 4.79 Å². The van der Waals surface area contributed by atoms with E-state index in [1.807, 2.05) is 13.8 Å². The molecule has 2 aromatic carbocycles. The molecule has 3 heterocycles. The van der Waals surface area contributed by atoms with Gasteiger partial charge in [-0.1, -0.05) is 18.1 Å². The Morgan fingerprint density at radius 1 is 0.974 bits per heavy atom. The fourth-order valence-electron chi connectivity index (χ4n) is 6.36. The first kappa shape index (κ1) is 24.8. The Hall–Kier alpha value is -3.55. The second kappa shape index (κ2) is 9.64. The number of anilines is 1. The van der Waals surface area contributed by atoms with Crippen molar-refractivity contribution in [3.8, 4) is 11.1 Å². The SMILES string of the molecule is Cc1noc(C)c1-c1ccc2c(c1)nc([C@@H]1CCCC(=O)N1c1ccc(F)c(F)c1)n2C1CCC(C)CC1. The van der Waals surface area contributed by atoms with Crippen molar-refractivity contribution in [1.29, 1.82) is 0 Å². The number of halogens is 2. The molecule has 8 heteroatoms. The number of piperidine rings is 1. The molecule has 38 heavy (non-hydrogen) atoms. The van der Waals surface area contributed by atoms with Crippen LogP contribution in [0, 0.1) is 31.4 Å². The minimum absolute atomic E-state index is 0.0976. The molecule has 2 aromatic heterocycles. The molecular formula is C30H32F2N4O2. The number of fused-ring (bicyclic) bond motifs is 1. The summed E-state index contributed by atoms with van der Waals surface area (Å²) in [6.07, 6.45) is 6.14. The summed E-state index contributed by atoms with van der Waals surface area (Å²) >= 11 is 0. The second-order valence-electron chi connectivity index (χ2n) is 10.9. The molecule has 1 amide bonds. The Morgan fingerprint density at radius 2 is 1.76 bits per heavy atom. The number of rotatable bonds is 4. The van der Waals surface area contributed by atoms with Crippen molar-refractivity contribution in [2.24, 2.45) is 5.92 Å². The number of carbonyl (C=O) groups excluding carboxylic acids is 1. The van der Waals surface area contributed by atoms with Gasteiger partial charge in [-0.2, -0.15) is 0 Å². The molecular weight excluding hydrogens is 486 g/mol. The van der Waals surface area contributed by atoms with E-state index in [1.54, 1.807) is 4.90 Å². The molecule has 4 aromatic rings. The average Bonchev–Trinajstić information content (AvgIpc) is 3.45. The molecule has 0 spiro atoms. The first-order valence-corrected chi connectivity index (χ1v) is 13.5. The fourth-order valence-corrected chi connectivity index (χ4v) is 6.36. The van der Waals surface area contributed by atoms with Gasteiger partial charge >= 0.3 is 0 Å². The van der Waals surface area contributed by atoms with Gasteiger partial charge in [0.15, 0.2) is 11.6 Å². The van der Waals surface area contributed by atoms with Gasteiger partial charge in [0.05, 0.1) is 22.8 Å². The highest BCUT2D eigenvalue weighted by Gasteiger charge is 2.36. The van der Waals surface area contributed by atoms with Crippen molar-refractivity contribution in [3.05, 3.63) is 65.3 Å². The Labute approximate surface area is 220 Å². The van der Waals surface area contributed by atoms with Crippen molar-refractivity contribution in [2.45, 2.75) is 77.8 Å². The van der Waals surface area contributed by atoms with E-state index >= 15 is 0 Å². The van der Waals surface area contributed by atoms with Crippen molar-refractivity contribution in [1.82, 2.24) is 14.7 Å². The third-order valence-corrected chi connectivity index (χ3v) is 8.32. The third kappa shape index (κ3) is 4.20. The van der Waals surface area contributed by atoms with Crippen molar-refractivity contribution < 1.29 is 18.1 Å². The van der Waals surface area contributed by atoms with Crippen LogP contribution >= 0.6 is 0 Å². The van der Waals surface area contributed by atoms with Gasteiger partial charge in [0.25, 0.3) is 0 Å². The van der Waals surface area contributed by atoms with Crippen LogP contribution in [0.15, 0.2) is 40.9 Å². The third-order valence-electron chi connectivity index (χ3n) is 8.32. The average molecular weight is 519 g/mol. The van der Waals surface area contributed by atoms with Crippen LogP contribution in [0.5, 0.6) is 0 Å². The van der Waals surface area contributed by atoms with Gasteiger partial charge in [0.2, 0.25) is 5.91 Å². The number of carbonyl (C=O) groups is 1. The van der Waals surface area contributed by atoms with Crippen LogP contribution in [0.1, 0.15) is 81.2 Å². The molecule has 0 bridgehead atoms. The van der Waals surface area contributed by atoms with Gasteiger partial charge in [0, 0.05) is 29.8 Å². The topological polar surface area (TPSA) is 64.2 Å². The summed E-state index contributed by atoms with van der Waals surface area (Å²) in [4.78, 5) is 20.1. The minimum Gasteiger partial charge on any atom is -0.361 e. The van der Waals surface area contributed by atoms with E-state index in [-0.39, 0.29) is 18.0 Å². The van der Waals surface area contributed by atoms with Crippen LogP contribution < -0.4 is 4.90 Å². The highest BCUT2D eigenvalue weighted by Crippen LogP contribution is 2.42. The quantitative estimate of drug-likeness (QED) is 0.279. The molecule has 6 nitrogen and oxygen atoms in total. The molecule has 0 unspecified atom stereocenters. The molecule has 0 radical (unpaired) electrons. The smallest absolute Gasteiger partial charge is 0.227 e. The zero-order chi connectivity index (χ0) is 26.6. The molecule has 1 saturated carbocycles. The minimum atomic E-state index is -0.960. The van der Waals surface area contributed by atoms with Crippen LogP contribution in [0.2, 0.25) is 0 Å². The van der Waals surface area contributed by atoms with Gasteiger partial charge in [-0.05, 0) is 88.1 Å². The van der Waals surface area contributed by atoms with Gasteiger partial charge in [0.1, 0.15) is 11.6 Å². The molecule has 2 aliphatic rings.